The lowest BCUT2D eigenvalue weighted by atomic mass is 9.99. The Balaban J connectivity index is 2.87. The molecule has 0 spiro atoms. The van der Waals surface area contributed by atoms with Gasteiger partial charge in [-0.15, -0.1) is 0 Å². The van der Waals surface area contributed by atoms with E-state index in [0.29, 0.717) is 6.42 Å². The van der Waals surface area contributed by atoms with Crippen molar-refractivity contribution in [3.63, 3.8) is 0 Å². The molecule has 0 radical (unpaired) electrons. The van der Waals surface area contributed by atoms with Gasteiger partial charge in [-0.2, -0.15) is 0 Å². The number of carboxylic acid groups (broad SMARTS) is 1. The van der Waals surface area contributed by atoms with Gasteiger partial charge in [0.1, 0.15) is 5.76 Å². The quantitative estimate of drug-likeness (QED) is 0.796. The van der Waals surface area contributed by atoms with E-state index in [9.17, 15) is 9.59 Å². The summed E-state index contributed by atoms with van der Waals surface area (Å²) in [7, 11) is 1.46. The predicted octanol–water partition coefficient (Wildman–Crippen LogP) is 1.76. The number of hydrogen-bond donors (Lipinski definition) is 2. The number of carboxylic acids is 1. The molecule has 6 heteroatoms. The molecule has 1 atom stereocenters. The Morgan fingerprint density at radius 3 is 2.60 bits per heavy atom. The van der Waals surface area contributed by atoms with Crippen LogP contribution in [0.25, 0.3) is 0 Å². The van der Waals surface area contributed by atoms with Crippen LogP contribution in [0, 0.1) is 6.92 Å². The molecule has 1 amide bonds. The molecule has 0 aliphatic heterocycles. The van der Waals surface area contributed by atoms with Crippen LogP contribution in [0.15, 0.2) is 10.5 Å². The Labute approximate surface area is 118 Å². The Bertz CT molecular complexity index is 494. The highest BCUT2D eigenvalue weighted by molar-refractivity contribution is 5.92. The largest absolute Gasteiger partial charge is 0.481 e. The van der Waals surface area contributed by atoms with Gasteiger partial charge in [-0.1, -0.05) is 6.92 Å². The Morgan fingerprint density at radius 1 is 1.50 bits per heavy atom. The number of nitrogens with one attached hydrogen (secondary N) is 1. The summed E-state index contributed by atoms with van der Waals surface area (Å²) in [6, 6.07) is 1.65. The molecule has 2 N–H and O–H groups in total. The molecule has 1 heterocycles. The molecule has 1 unspecified atom stereocenters. The second kappa shape index (κ2) is 6.56. The fourth-order valence-electron chi connectivity index (χ4n) is 2.10. The van der Waals surface area contributed by atoms with Crippen molar-refractivity contribution in [2.75, 3.05) is 13.7 Å². The fraction of sp³-hybridized carbons (Fsp3) is 0.571. The van der Waals surface area contributed by atoms with Crippen LogP contribution in [0.2, 0.25) is 0 Å². The first kappa shape index (κ1) is 16.2. The highest BCUT2D eigenvalue weighted by Gasteiger charge is 2.31. The lowest BCUT2D eigenvalue weighted by Crippen LogP contribution is -2.50. The molecule has 1 aromatic rings. The van der Waals surface area contributed by atoms with Crippen LogP contribution in [-0.4, -0.2) is 36.2 Å². The minimum absolute atomic E-state index is 0.103. The molecule has 20 heavy (non-hydrogen) atoms. The first-order valence-electron chi connectivity index (χ1n) is 6.44. The first-order chi connectivity index (χ1) is 9.31. The summed E-state index contributed by atoms with van der Waals surface area (Å²) in [5, 5.41) is 11.6. The smallest absolute Gasteiger partial charge is 0.305 e. The van der Waals surface area contributed by atoms with Gasteiger partial charge in [0, 0.05) is 13.5 Å². The third kappa shape index (κ3) is 4.09. The van der Waals surface area contributed by atoms with Crippen LogP contribution >= 0.6 is 0 Å². The van der Waals surface area contributed by atoms with E-state index in [0.717, 1.165) is 11.3 Å². The summed E-state index contributed by atoms with van der Waals surface area (Å²) in [6.07, 6.45) is 0.469. The van der Waals surface area contributed by atoms with E-state index >= 15 is 0 Å². The van der Waals surface area contributed by atoms with Crippen molar-refractivity contribution in [1.29, 1.82) is 0 Å². The van der Waals surface area contributed by atoms with E-state index in [-0.39, 0.29) is 18.8 Å². The van der Waals surface area contributed by atoms with E-state index in [1.807, 2.05) is 13.8 Å². The predicted molar refractivity (Wildman–Crippen MR) is 72.8 cm³/mol. The molecular weight excluding hydrogens is 262 g/mol. The van der Waals surface area contributed by atoms with Crippen LogP contribution in [0.3, 0.4) is 0 Å². The molecule has 0 aliphatic rings. The zero-order valence-electron chi connectivity index (χ0n) is 12.3. The van der Waals surface area contributed by atoms with Crippen LogP contribution in [0.1, 0.15) is 42.1 Å². The third-order valence-corrected chi connectivity index (χ3v) is 2.99. The van der Waals surface area contributed by atoms with Crippen LogP contribution in [0.4, 0.5) is 0 Å². The molecular formula is C14H21NO5. The number of carbonyl (C=O) groups excluding carboxylic acids is 1. The van der Waals surface area contributed by atoms with Crippen molar-refractivity contribution in [2.24, 2.45) is 0 Å². The van der Waals surface area contributed by atoms with Crippen molar-refractivity contribution in [3.05, 3.63) is 23.2 Å². The van der Waals surface area contributed by atoms with Gasteiger partial charge >= 0.3 is 5.97 Å². The summed E-state index contributed by atoms with van der Waals surface area (Å²) in [4.78, 5) is 23.0. The molecule has 0 fully saturated rings. The van der Waals surface area contributed by atoms with E-state index in [1.54, 1.807) is 13.0 Å². The maximum Gasteiger partial charge on any atom is 0.305 e. The Morgan fingerprint density at radius 2 is 2.15 bits per heavy atom. The van der Waals surface area contributed by atoms with Crippen molar-refractivity contribution >= 4 is 11.9 Å². The van der Waals surface area contributed by atoms with Gasteiger partial charge in [-0.25, -0.2) is 0 Å². The number of carbonyl (C=O) groups is 2. The van der Waals surface area contributed by atoms with Crippen LogP contribution in [-0.2, 0) is 16.0 Å². The van der Waals surface area contributed by atoms with Crippen molar-refractivity contribution in [1.82, 2.24) is 5.32 Å². The number of amides is 1. The number of aryl methyl sites for hydroxylation is 2. The lowest BCUT2D eigenvalue weighted by Gasteiger charge is -2.27. The first-order valence-corrected chi connectivity index (χ1v) is 6.44. The molecule has 0 saturated heterocycles. The minimum Gasteiger partial charge on any atom is -0.481 e. The lowest BCUT2D eigenvalue weighted by molar-refractivity contribution is -0.139. The van der Waals surface area contributed by atoms with Crippen LogP contribution in [0.5, 0.6) is 0 Å². The SMILES string of the molecule is CCc1oc(C(=O)NC(C)(COC)CC(=O)O)cc1C. The van der Waals surface area contributed by atoms with E-state index in [4.69, 9.17) is 14.3 Å². The fourth-order valence-corrected chi connectivity index (χ4v) is 2.10. The van der Waals surface area contributed by atoms with Gasteiger partial charge in [0.2, 0.25) is 0 Å². The van der Waals surface area contributed by atoms with Gasteiger partial charge < -0.3 is 19.6 Å². The number of furan rings is 1. The molecule has 0 aliphatic carbocycles. The Kier molecular flexibility index (Phi) is 5.33. The monoisotopic (exact) mass is 283 g/mol. The van der Waals surface area contributed by atoms with Gasteiger partial charge in [0.25, 0.3) is 5.91 Å². The summed E-state index contributed by atoms with van der Waals surface area (Å²) < 4.78 is 10.4. The summed E-state index contributed by atoms with van der Waals surface area (Å²) >= 11 is 0. The number of hydrogen-bond acceptors (Lipinski definition) is 4. The van der Waals surface area contributed by atoms with Crippen molar-refractivity contribution < 1.29 is 23.8 Å². The molecule has 0 bridgehead atoms. The molecule has 1 aromatic heterocycles. The van der Waals surface area contributed by atoms with Crippen molar-refractivity contribution in [3.8, 4) is 0 Å². The van der Waals surface area contributed by atoms with Gasteiger partial charge in [0.05, 0.1) is 18.6 Å². The highest BCUT2D eigenvalue weighted by Crippen LogP contribution is 2.17. The van der Waals surface area contributed by atoms with E-state index < -0.39 is 17.4 Å². The summed E-state index contributed by atoms with van der Waals surface area (Å²) in [5.41, 5.74) is -0.0746. The molecule has 112 valence electrons. The van der Waals surface area contributed by atoms with Crippen molar-refractivity contribution in [2.45, 2.75) is 39.2 Å². The normalized spacial score (nSPS) is 13.8. The van der Waals surface area contributed by atoms with E-state index in [2.05, 4.69) is 5.32 Å². The maximum atomic E-state index is 12.1. The van der Waals surface area contributed by atoms with Crippen LogP contribution < -0.4 is 5.32 Å². The average Bonchev–Trinajstić information content (AvgIpc) is 2.69. The maximum absolute atomic E-state index is 12.1. The second-order valence-electron chi connectivity index (χ2n) is 5.09. The number of ether oxygens (including phenoxy) is 1. The van der Waals surface area contributed by atoms with Gasteiger partial charge in [-0.05, 0) is 25.5 Å². The minimum atomic E-state index is -1.00. The average molecular weight is 283 g/mol. The molecule has 1 rings (SSSR count). The number of rotatable bonds is 7. The summed E-state index contributed by atoms with van der Waals surface area (Å²) in [6.45, 7) is 5.53. The zero-order chi connectivity index (χ0) is 15.3. The third-order valence-electron chi connectivity index (χ3n) is 2.99. The number of methoxy groups -OCH3 is 1. The molecule has 0 saturated carbocycles. The van der Waals surface area contributed by atoms with Gasteiger partial charge in [-0.3, -0.25) is 9.59 Å². The van der Waals surface area contributed by atoms with E-state index in [1.165, 1.54) is 7.11 Å². The zero-order valence-corrected chi connectivity index (χ0v) is 12.3. The topological polar surface area (TPSA) is 88.8 Å². The summed E-state index contributed by atoms with van der Waals surface area (Å²) in [5.74, 6) is -0.503. The Hall–Kier alpha value is -1.82. The highest BCUT2D eigenvalue weighted by atomic mass is 16.5. The second-order valence-corrected chi connectivity index (χ2v) is 5.09. The number of aliphatic carboxylic acids is 1. The standard InChI is InChI=1S/C14H21NO5/c1-5-10-9(2)6-11(20-10)13(18)15-14(3,8-19-4)7-12(16)17/h6H,5,7-8H2,1-4H3,(H,15,18)(H,16,17). The molecule has 6 nitrogen and oxygen atoms in total. The van der Waals surface area contributed by atoms with Gasteiger partial charge in [0.15, 0.2) is 5.76 Å². The molecule has 0 aromatic carbocycles.